The molecule has 0 radical (unpaired) electrons. The van der Waals surface area contributed by atoms with Gasteiger partial charge in [0.15, 0.2) is 5.69 Å². The molecule has 96 valence electrons. The number of ether oxygens (including phenoxy) is 1. The highest BCUT2D eigenvalue weighted by Gasteiger charge is 2.35. The Morgan fingerprint density at radius 3 is 2.53 bits per heavy atom. The summed E-state index contributed by atoms with van der Waals surface area (Å²) in [7, 11) is 1.20. The average Bonchev–Trinajstić information content (AvgIpc) is 2.61. The van der Waals surface area contributed by atoms with Crippen LogP contribution < -0.4 is 0 Å². The molecular formula is C10H13F3N2O2. The number of carbonyl (C=O) groups is 1. The van der Waals surface area contributed by atoms with Crippen LogP contribution in [0.3, 0.4) is 0 Å². The van der Waals surface area contributed by atoms with Gasteiger partial charge in [0.1, 0.15) is 11.9 Å². The van der Waals surface area contributed by atoms with Gasteiger partial charge >= 0.3 is 12.1 Å². The van der Waals surface area contributed by atoms with E-state index in [1.165, 1.54) is 18.6 Å². The van der Waals surface area contributed by atoms with Gasteiger partial charge in [0.2, 0.25) is 0 Å². The first-order valence-corrected chi connectivity index (χ1v) is 5.01. The van der Waals surface area contributed by atoms with Gasteiger partial charge in [-0.05, 0) is 13.3 Å². The maximum atomic E-state index is 12.4. The van der Waals surface area contributed by atoms with Crippen molar-refractivity contribution in [2.24, 2.45) is 0 Å². The van der Waals surface area contributed by atoms with Gasteiger partial charge in [-0.2, -0.15) is 13.2 Å². The minimum absolute atomic E-state index is 0.134. The van der Waals surface area contributed by atoms with E-state index in [0.29, 0.717) is 6.42 Å². The van der Waals surface area contributed by atoms with Crippen molar-refractivity contribution in [1.82, 2.24) is 9.55 Å². The number of hydrogen-bond donors (Lipinski definition) is 0. The number of alkyl halides is 3. The molecule has 0 aliphatic carbocycles. The molecule has 0 spiro atoms. The maximum absolute atomic E-state index is 12.4. The lowest BCUT2D eigenvalue weighted by Gasteiger charge is -2.15. The third-order valence-corrected chi connectivity index (χ3v) is 2.40. The molecule has 7 heteroatoms. The number of carbonyl (C=O) groups excluding carboxylic acids is 1. The van der Waals surface area contributed by atoms with E-state index < -0.39 is 23.9 Å². The lowest BCUT2D eigenvalue weighted by Crippen LogP contribution is -2.20. The van der Waals surface area contributed by atoms with Gasteiger partial charge < -0.3 is 9.30 Å². The summed E-state index contributed by atoms with van der Waals surface area (Å²) in [4.78, 5) is 14.8. The Hall–Kier alpha value is -1.53. The van der Waals surface area contributed by atoms with Crippen LogP contribution >= 0.6 is 0 Å². The molecule has 0 aliphatic rings. The van der Waals surface area contributed by atoms with Gasteiger partial charge in [0.25, 0.3) is 0 Å². The van der Waals surface area contributed by atoms with Crippen molar-refractivity contribution in [3.63, 3.8) is 0 Å². The van der Waals surface area contributed by atoms with E-state index in [9.17, 15) is 18.0 Å². The molecule has 1 unspecified atom stereocenters. The Kier molecular flexibility index (Phi) is 3.79. The van der Waals surface area contributed by atoms with Gasteiger partial charge in [-0.1, -0.05) is 6.92 Å². The van der Waals surface area contributed by atoms with Crippen LogP contribution in [0.1, 0.15) is 30.9 Å². The summed E-state index contributed by atoms with van der Waals surface area (Å²) in [6.45, 7) is 3.11. The normalized spacial score (nSPS) is 13.5. The zero-order valence-corrected chi connectivity index (χ0v) is 9.71. The molecule has 1 rings (SSSR count). The summed E-state index contributed by atoms with van der Waals surface area (Å²) in [5.41, 5.74) is -1.00. The van der Waals surface area contributed by atoms with Crippen LogP contribution in [0.15, 0.2) is 6.20 Å². The number of aryl methyl sites for hydroxylation is 1. The molecule has 1 aromatic heterocycles. The molecule has 0 amide bonds. The first-order chi connectivity index (χ1) is 7.81. The highest BCUT2D eigenvalue weighted by Crippen LogP contribution is 2.29. The van der Waals surface area contributed by atoms with Crippen molar-refractivity contribution < 1.29 is 22.7 Å². The van der Waals surface area contributed by atoms with Crippen LogP contribution in [0.2, 0.25) is 0 Å². The molecule has 0 fully saturated rings. The Bertz CT molecular complexity index is 412. The van der Waals surface area contributed by atoms with Gasteiger partial charge in [-0.3, -0.25) is 0 Å². The molecule has 0 saturated carbocycles. The molecule has 0 N–H and O–H groups in total. The maximum Gasteiger partial charge on any atom is 0.434 e. The molecule has 0 saturated heterocycles. The van der Waals surface area contributed by atoms with E-state index in [4.69, 9.17) is 0 Å². The topological polar surface area (TPSA) is 44.1 Å². The van der Waals surface area contributed by atoms with E-state index in [2.05, 4.69) is 9.72 Å². The number of esters is 1. The largest absolute Gasteiger partial charge is 0.467 e. The molecule has 0 bridgehead atoms. The standard InChI is InChI=1S/C10H13F3N2O2/c1-4-7(9(16)17-3)15-5-8(10(11,12)13)14-6(15)2/h5,7H,4H2,1-3H3. The van der Waals surface area contributed by atoms with Crippen molar-refractivity contribution in [2.75, 3.05) is 7.11 Å². The summed E-state index contributed by atoms with van der Waals surface area (Å²) in [5, 5.41) is 0. The second-order valence-corrected chi connectivity index (χ2v) is 3.53. The predicted octanol–water partition coefficient (Wildman–Crippen LogP) is 2.33. The Morgan fingerprint density at radius 2 is 2.18 bits per heavy atom. The number of halogens is 3. The SMILES string of the molecule is CCC(C(=O)OC)n1cc(C(F)(F)F)nc1C. The molecule has 1 aromatic rings. The fourth-order valence-electron chi connectivity index (χ4n) is 1.55. The van der Waals surface area contributed by atoms with E-state index >= 15 is 0 Å². The van der Waals surface area contributed by atoms with Gasteiger partial charge in [-0.25, -0.2) is 9.78 Å². The molecule has 0 aromatic carbocycles. The van der Waals surface area contributed by atoms with Gasteiger partial charge in [-0.15, -0.1) is 0 Å². The molecule has 4 nitrogen and oxygen atoms in total. The number of rotatable bonds is 3. The second kappa shape index (κ2) is 4.77. The quantitative estimate of drug-likeness (QED) is 0.773. The Labute approximate surface area is 96.4 Å². The molecule has 0 aliphatic heterocycles. The van der Waals surface area contributed by atoms with Gasteiger partial charge in [0.05, 0.1) is 7.11 Å². The van der Waals surface area contributed by atoms with Crippen LogP contribution in [-0.2, 0) is 15.7 Å². The average molecular weight is 250 g/mol. The number of hydrogen-bond acceptors (Lipinski definition) is 3. The van der Waals surface area contributed by atoms with Crippen LogP contribution in [0.4, 0.5) is 13.2 Å². The number of imidazole rings is 1. The number of aromatic nitrogens is 2. The molecule has 1 atom stereocenters. The van der Waals surface area contributed by atoms with Crippen molar-refractivity contribution in [3.05, 3.63) is 17.7 Å². The molecule has 1 heterocycles. The Morgan fingerprint density at radius 1 is 1.59 bits per heavy atom. The van der Waals surface area contributed by atoms with E-state index in [0.717, 1.165) is 6.20 Å². The fraction of sp³-hybridized carbons (Fsp3) is 0.600. The third-order valence-electron chi connectivity index (χ3n) is 2.40. The fourth-order valence-corrected chi connectivity index (χ4v) is 1.55. The monoisotopic (exact) mass is 250 g/mol. The minimum atomic E-state index is -4.51. The van der Waals surface area contributed by atoms with Crippen molar-refractivity contribution >= 4 is 5.97 Å². The van der Waals surface area contributed by atoms with Crippen LogP contribution in [0.5, 0.6) is 0 Å². The summed E-state index contributed by atoms with van der Waals surface area (Å²) in [5.74, 6) is -0.448. The molecule has 17 heavy (non-hydrogen) atoms. The molecular weight excluding hydrogens is 237 g/mol. The van der Waals surface area contributed by atoms with Crippen LogP contribution in [0.25, 0.3) is 0 Å². The first kappa shape index (κ1) is 13.5. The highest BCUT2D eigenvalue weighted by atomic mass is 19.4. The van der Waals surface area contributed by atoms with Gasteiger partial charge in [0, 0.05) is 6.20 Å². The third kappa shape index (κ3) is 2.78. The second-order valence-electron chi connectivity index (χ2n) is 3.53. The van der Waals surface area contributed by atoms with E-state index in [-0.39, 0.29) is 5.82 Å². The smallest absolute Gasteiger partial charge is 0.434 e. The van der Waals surface area contributed by atoms with E-state index in [1.54, 1.807) is 6.92 Å². The van der Waals surface area contributed by atoms with Crippen molar-refractivity contribution in [1.29, 1.82) is 0 Å². The predicted molar refractivity (Wildman–Crippen MR) is 53.3 cm³/mol. The van der Waals surface area contributed by atoms with Crippen LogP contribution in [0, 0.1) is 6.92 Å². The summed E-state index contributed by atoms with van der Waals surface area (Å²) < 4.78 is 43.0. The number of methoxy groups -OCH3 is 1. The highest BCUT2D eigenvalue weighted by molar-refractivity contribution is 5.74. The summed E-state index contributed by atoms with van der Waals surface area (Å²) in [6, 6.07) is -0.774. The van der Waals surface area contributed by atoms with Crippen molar-refractivity contribution in [3.8, 4) is 0 Å². The van der Waals surface area contributed by atoms with Crippen molar-refractivity contribution in [2.45, 2.75) is 32.5 Å². The minimum Gasteiger partial charge on any atom is -0.467 e. The number of nitrogens with zero attached hydrogens (tertiary/aromatic N) is 2. The first-order valence-electron chi connectivity index (χ1n) is 5.01. The lowest BCUT2D eigenvalue weighted by atomic mass is 10.2. The zero-order chi connectivity index (χ0) is 13.2. The summed E-state index contributed by atoms with van der Waals surface area (Å²) >= 11 is 0. The Balaban J connectivity index is 3.13. The van der Waals surface area contributed by atoms with E-state index in [1.807, 2.05) is 0 Å². The lowest BCUT2D eigenvalue weighted by molar-refractivity contribution is -0.145. The van der Waals surface area contributed by atoms with Crippen LogP contribution in [-0.4, -0.2) is 22.6 Å². The summed E-state index contributed by atoms with van der Waals surface area (Å²) in [6.07, 6.45) is -3.34. The zero-order valence-electron chi connectivity index (χ0n) is 9.71.